The first-order valence-electron chi connectivity index (χ1n) is 10.1. The molecule has 158 valence electrons. The minimum Gasteiger partial charge on any atom is -0.340 e. The maximum absolute atomic E-state index is 12.7. The second-order valence-corrected chi connectivity index (χ2v) is 7.47. The summed E-state index contributed by atoms with van der Waals surface area (Å²) in [6, 6.07) is 13.9. The molecule has 4 rings (SSSR count). The van der Waals surface area contributed by atoms with E-state index in [0.29, 0.717) is 19.5 Å². The highest BCUT2D eigenvalue weighted by Gasteiger charge is 2.33. The van der Waals surface area contributed by atoms with Gasteiger partial charge in [0.2, 0.25) is 0 Å². The molecular formula is C23H22N4O4. The summed E-state index contributed by atoms with van der Waals surface area (Å²) < 4.78 is 2.11. The third-order valence-electron chi connectivity index (χ3n) is 5.47. The highest BCUT2D eigenvalue weighted by atomic mass is 16.6. The normalized spacial score (nSPS) is 15.2. The molecule has 1 aliphatic rings. The zero-order chi connectivity index (χ0) is 22.1. The van der Waals surface area contributed by atoms with Crippen LogP contribution in [0.25, 0.3) is 17.0 Å². The molecule has 0 unspecified atom stereocenters. The Morgan fingerprint density at radius 3 is 2.48 bits per heavy atom. The van der Waals surface area contributed by atoms with Gasteiger partial charge in [-0.05, 0) is 31.1 Å². The smallest absolute Gasteiger partial charge is 0.329 e. The van der Waals surface area contributed by atoms with Crippen LogP contribution in [-0.4, -0.2) is 32.9 Å². The predicted octanol–water partition coefficient (Wildman–Crippen LogP) is 4.21. The van der Waals surface area contributed by atoms with Gasteiger partial charge >= 0.3 is 6.03 Å². The molecule has 3 amide bonds. The minimum absolute atomic E-state index is 0.0513. The monoisotopic (exact) mass is 418 g/mol. The van der Waals surface area contributed by atoms with Crippen molar-refractivity contribution in [2.24, 2.45) is 0 Å². The van der Waals surface area contributed by atoms with Crippen molar-refractivity contribution in [3.05, 3.63) is 81.2 Å². The molecule has 0 bridgehead atoms. The van der Waals surface area contributed by atoms with Crippen molar-refractivity contribution in [2.75, 3.05) is 6.54 Å². The van der Waals surface area contributed by atoms with Gasteiger partial charge < -0.3 is 9.88 Å². The van der Waals surface area contributed by atoms with Crippen LogP contribution in [0, 0.1) is 17.0 Å². The summed E-state index contributed by atoms with van der Waals surface area (Å²) in [6.07, 6.45) is 2.43. The molecule has 0 saturated carbocycles. The van der Waals surface area contributed by atoms with Crippen LogP contribution >= 0.6 is 0 Å². The number of aromatic nitrogens is 1. The third-order valence-corrected chi connectivity index (χ3v) is 5.47. The van der Waals surface area contributed by atoms with Crippen molar-refractivity contribution in [2.45, 2.75) is 26.8 Å². The largest absolute Gasteiger partial charge is 0.340 e. The Hall–Kier alpha value is -3.94. The van der Waals surface area contributed by atoms with Crippen LogP contribution < -0.4 is 5.32 Å². The summed E-state index contributed by atoms with van der Waals surface area (Å²) in [4.78, 5) is 36.5. The summed E-state index contributed by atoms with van der Waals surface area (Å²) in [5.74, 6) is -0.321. The quantitative estimate of drug-likeness (QED) is 0.281. The molecular weight excluding hydrogens is 396 g/mol. The number of nitrogens with zero attached hydrogens (tertiary/aromatic N) is 3. The van der Waals surface area contributed by atoms with Gasteiger partial charge in [-0.1, -0.05) is 37.3 Å². The fraction of sp³-hybridized carbons (Fsp3) is 0.217. The summed E-state index contributed by atoms with van der Waals surface area (Å²) in [7, 11) is 0. The van der Waals surface area contributed by atoms with Crippen molar-refractivity contribution in [3.8, 4) is 0 Å². The number of nitro groups is 1. The first kappa shape index (κ1) is 20.3. The Labute approximate surface area is 178 Å². The zero-order valence-electron chi connectivity index (χ0n) is 17.3. The number of imide groups is 1. The van der Waals surface area contributed by atoms with Crippen LogP contribution in [0.5, 0.6) is 0 Å². The number of nitro benzene ring substituents is 1. The molecule has 0 spiro atoms. The lowest BCUT2D eigenvalue weighted by atomic mass is 10.1. The Balaban J connectivity index is 1.75. The van der Waals surface area contributed by atoms with Crippen molar-refractivity contribution < 1.29 is 14.5 Å². The maximum Gasteiger partial charge on any atom is 0.329 e. The number of rotatable bonds is 6. The number of urea groups is 1. The topological polar surface area (TPSA) is 97.5 Å². The predicted molar refractivity (Wildman–Crippen MR) is 117 cm³/mol. The van der Waals surface area contributed by atoms with Crippen molar-refractivity contribution in [1.29, 1.82) is 0 Å². The number of hydrogen-bond donors (Lipinski definition) is 1. The summed E-state index contributed by atoms with van der Waals surface area (Å²) in [6.45, 7) is 4.78. The number of benzene rings is 2. The lowest BCUT2D eigenvalue weighted by Crippen LogP contribution is -2.31. The first-order valence-corrected chi connectivity index (χ1v) is 10.1. The molecule has 31 heavy (non-hydrogen) atoms. The summed E-state index contributed by atoms with van der Waals surface area (Å²) in [5, 5.41) is 14.6. The SMILES string of the molecule is CCCN1C(=O)N/C(=C/c2c(C)n(Cc3ccc([N+](=O)[O-])cc3)c3ccccc23)C1=O. The lowest BCUT2D eigenvalue weighted by molar-refractivity contribution is -0.384. The van der Waals surface area contributed by atoms with E-state index in [1.165, 1.54) is 17.0 Å². The van der Waals surface area contributed by atoms with E-state index in [2.05, 4.69) is 9.88 Å². The number of carbonyl (C=O) groups excluding carboxylic acids is 2. The van der Waals surface area contributed by atoms with Gasteiger partial charge in [-0.2, -0.15) is 0 Å². The van der Waals surface area contributed by atoms with Gasteiger partial charge in [0.25, 0.3) is 11.6 Å². The molecule has 1 fully saturated rings. The number of fused-ring (bicyclic) bond motifs is 1. The highest BCUT2D eigenvalue weighted by molar-refractivity contribution is 6.14. The second-order valence-electron chi connectivity index (χ2n) is 7.47. The Morgan fingerprint density at radius 1 is 1.10 bits per heavy atom. The molecule has 0 aliphatic carbocycles. The average molecular weight is 418 g/mol. The summed E-state index contributed by atoms with van der Waals surface area (Å²) in [5.41, 5.74) is 4.01. The van der Waals surface area contributed by atoms with E-state index in [1.807, 2.05) is 38.1 Å². The van der Waals surface area contributed by atoms with E-state index >= 15 is 0 Å². The fourth-order valence-corrected chi connectivity index (χ4v) is 3.89. The van der Waals surface area contributed by atoms with E-state index in [0.717, 1.165) is 27.7 Å². The Kier molecular flexibility index (Phi) is 5.29. The van der Waals surface area contributed by atoms with Crippen molar-refractivity contribution in [1.82, 2.24) is 14.8 Å². The maximum atomic E-state index is 12.7. The van der Waals surface area contributed by atoms with Crippen molar-refractivity contribution >= 4 is 34.6 Å². The molecule has 0 atom stereocenters. The molecule has 1 N–H and O–H groups in total. The van der Waals surface area contributed by atoms with Gasteiger partial charge in [0, 0.05) is 47.4 Å². The van der Waals surface area contributed by atoms with Gasteiger partial charge in [0.15, 0.2) is 0 Å². The van der Waals surface area contributed by atoms with Crippen LogP contribution in [0.15, 0.2) is 54.2 Å². The zero-order valence-corrected chi connectivity index (χ0v) is 17.3. The van der Waals surface area contributed by atoms with E-state index in [4.69, 9.17) is 0 Å². The highest BCUT2D eigenvalue weighted by Crippen LogP contribution is 2.29. The van der Waals surface area contributed by atoms with Gasteiger partial charge in [-0.25, -0.2) is 4.79 Å². The van der Waals surface area contributed by atoms with E-state index in [-0.39, 0.29) is 17.3 Å². The molecule has 1 aromatic heterocycles. The lowest BCUT2D eigenvalue weighted by Gasteiger charge is -2.09. The van der Waals surface area contributed by atoms with E-state index in [1.54, 1.807) is 18.2 Å². The number of carbonyl (C=O) groups is 2. The molecule has 2 aromatic carbocycles. The first-order chi connectivity index (χ1) is 14.9. The number of nitrogens with one attached hydrogen (secondary N) is 1. The number of amides is 3. The van der Waals surface area contributed by atoms with Gasteiger partial charge in [-0.3, -0.25) is 19.8 Å². The van der Waals surface area contributed by atoms with Crippen LogP contribution in [0.1, 0.15) is 30.2 Å². The molecule has 3 aromatic rings. The van der Waals surface area contributed by atoms with Crippen LogP contribution in [0.2, 0.25) is 0 Å². The molecule has 1 saturated heterocycles. The van der Waals surface area contributed by atoms with E-state index < -0.39 is 11.0 Å². The second kappa shape index (κ2) is 8.06. The Morgan fingerprint density at radius 2 is 1.81 bits per heavy atom. The molecule has 1 aliphatic heterocycles. The number of para-hydroxylation sites is 1. The number of non-ortho nitro benzene ring substituents is 1. The molecule has 8 nitrogen and oxygen atoms in total. The van der Waals surface area contributed by atoms with Gasteiger partial charge in [0.05, 0.1) is 4.92 Å². The summed E-state index contributed by atoms with van der Waals surface area (Å²) >= 11 is 0. The Bertz CT molecular complexity index is 1220. The van der Waals surface area contributed by atoms with Gasteiger partial charge in [0.1, 0.15) is 5.70 Å². The number of hydrogen-bond acceptors (Lipinski definition) is 4. The van der Waals surface area contributed by atoms with Crippen LogP contribution in [-0.2, 0) is 11.3 Å². The molecule has 2 heterocycles. The molecule has 0 radical (unpaired) electrons. The fourth-order valence-electron chi connectivity index (χ4n) is 3.89. The average Bonchev–Trinajstić information content (AvgIpc) is 3.18. The molecule has 8 heteroatoms. The van der Waals surface area contributed by atoms with E-state index in [9.17, 15) is 19.7 Å². The van der Waals surface area contributed by atoms with Crippen LogP contribution in [0.4, 0.5) is 10.5 Å². The van der Waals surface area contributed by atoms with Crippen LogP contribution in [0.3, 0.4) is 0 Å². The minimum atomic E-state index is -0.418. The van der Waals surface area contributed by atoms with Gasteiger partial charge in [-0.15, -0.1) is 0 Å². The van der Waals surface area contributed by atoms with Crippen molar-refractivity contribution in [3.63, 3.8) is 0 Å². The third kappa shape index (κ3) is 3.68. The standard InChI is InChI=1S/C23H22N4O4/c1-3-12-25-22(28)20(24-23(25)29)13-19-15(2)26(21-7-5-4-6-18(19)21)14-16-8-10-17(11-9-16)27(30)31/h4-11,13H,3,12,14H2,1-2H3,(H,24,29)/b20-13+.